The molecule has 23 heavy (non-hydrogen) atoms. The number of rotatable bonds is 6. The Kier molecular flexibility index (Phi) is 5.37. The summed E-state index contributed by atoms with van der Waals surface area (Å²) in [6.07, 6.45) is 2.66. The first-order valence-electron chi connectivity index (χ1n) is 7.93. The number of hydrogen-bond donors (Lipinski definition) is 1. The van der Waals surface area contributed by atoms with Gasteiger partial charge in [0.05, 0.1) is 5.56 Å². The molecule has 0 bridgehead atoms. The van der Waals surface area contributed by atoms with Gasteiger partial charge in [-0.2, -0.15) is 0 Å². The molecule has 2 aromatic rings. The first-order chi connectivity index (χ1) is 10.9. The average Bonchev–Trinajstić information content (AvgIpc) is 2.51. The molecule has 1 N–H and O–H groups in total. The van der Waals surface area contributed by atoms with E-state index in [0.717, 1.165) is 13.0 Å². The van der Waals surface area contributed by atoms with Crippen LogP contribution in [-0.2, 0) is 0 Å². The molecule has 4 nitrogen and oxygen atoms in total. The van der Waals surface area contributed by atoms with Crippen LogP contribution in [0, 0.1) is 0 Å². The lowest BCUT2D eigenvalue weighted by atomic mass is 10.0. The van der Waals surface area contributed by atoms with Gasteiger partial charge in [0.1, 0.15) is 17.2 Å². The number of ketones is 1. The van der Waals surface area contributed by atoms with Crippen molar-refractivity contribution in [2.75, 3.05) is 11.9 Å². The minimum Gasteiger partial charge on any atom is -0.488 e. The van der Waals surface area contributed by atoms with E-state index in [2.05, 4.69) is 17.2 Å². The minimum atomic E-state index is -0.302. The lowest BCUT2D eigenvalue weighted by molar-refractivity contribution is 0.103. The molecule has 1 heterocycles. The molecule has 0 unspecified atom stereocenters. The molecule has 1 aromatic carbocycles. The summed E-state index contributed by atoms with van der Waals surface area (Å²) in [5.41, 5.74) is 0.872. The van der Waals surface area contributed by atoms with Gasteiger partial charge in [-0.1, -0.05) is 19.1 Å². The summed E-state index contributed by atoms with van der Waals surface area (Å²) >= 11 is 0. The lowest BCUT2D eigenvalue weighted by Gasteiger charge is -2.21. The highest BCUT2D eigenvalue weighted by molar-refractivity contribution is 6.12. The van der Waals surface area contributed by atoms with Crippen molar-refractivity contribution in [1.82, 2.24) is 4.98 Å². The first-order valence-corrected chi connectivity index (χ1v) is 7.93. The van der Waals surface area contributed by atoms with Crippen molar-refractivity contribution in [2.24, 2.45) is 0 Å². The summed E-state index contributed by atoms with van der Waals surface area (Å²) in [7, 11) is 0. The Hall–Kier alpha value is -2.36. The Balaban J connectivity index is 2.29. The van der Waals surface area contributed by atoms with Crippen LogP contribution in [0.25, 0.3) is 0 Å². The molecule has 0 aliphatic heterocycles. The van der Waals surface area contributed by atoms with E-state index < -0.39 is 0 Å². The summed E-state index contributed by atoms with van der Waals surface area (Å²) in [5, 5.41) is 3.20. The molecule has 0 radical (unpaired) electrons. The molecule has 0 atom stereocenters. The van der Waals surface area contributed by atoms with Crippen molar-refractivity contribution < 1.29 is 9.53 Å². The van der Waals surface area contributed by atoms with Gasteiger partial charge in [0, 0.05) is 18.3 Å². The predicted molar refractivity (Wildman–Crippen MR) is 93.3 cm³/mol. The van der Waals surface area contributed by atoms with Crippen molar-refractivity contribution in [3.05, 3.63) is 53.7 Å². The van der Waals surface area contributed by atoms with Gasteiger partial charge in [0.15, 0.2) is 5.78 Å². The van der Waals surface area contributed by atoms with Crippen molar-refractivity contribution in [3.8, 4) is 5.75 Å². The fourth-order valence-corrected chi connectivity index (χ4v) is 2.18. The molecule has 0 amide bonds. The first kappa shape index (κ1) is 17.0. The normalized spacial score (nSPS) is 11.1. The van der Waals surface area contributed by atoms with Gasteiger partial charge in [0.2, 0.25) is 0 Å². The minimum absolute atomic E-state index is 0.0592. The van der Waals surface area contributed by atoms with Crippen LogP contribution in [0.15, 0.2) is 42.6 Å². The van der Waals surface area contributed by atoms with Crippen LogP contribution in [-0.4, -0.2) is 22.9 Å². The fraction of sp³-hybridized carbons (Fsp3) is 0.368. The Morgan fingerprint density at radius 1 is 1.22 bits per heavy atom. The highest BCUT2D eigenvalue weighted by atomic mass is 16.5. The second kappa shape index (κ2) is 7.27. The van der Waals surface area contributed by atoms with E-state index in [1.54, 1.807) is 30.5 Å². The molecule has 0 aliphatic rings. The van der Waals surface area contributed by atoms with Crippen LogP contribution in [0.1, 0.15) is 50.0 Å². The second-order valence-electron chi connectivity index (χ2n) is 6.40. The smallest absolute Gasteiger partial charge is 0.196 e. The molecule has 1 aromatic heterocycles. The fourth-order valence-electron chi connectivity index (χ4n) is 2.18. The number of hydrogen-bond acceptors (Lipinski definition) is 4. The molecular formula is C19H24N2O2. The average molecular weight is 312 g/mol. The topological polar surface area (TPSA) is 51.2 Å². The van der Waals surface area contributed by atoms with Crippen LogP contribution in [0.5, 0.6) is 5.75 Å². The van der Waals surface area contributed by atoms with E-state index in [9.17, 15) is 4.79 Å². The zero-order valence-electron chi connectivity index (χ0n) is 14.2. The SMILES string of the molecule is CCCNc1ncccc1C(=O)c1cccc(OC(C)(C)C)c1. The molecule has 122 valence electrons. The van der Waals surface area contributed by atoms with Crippen molar-refractivity contribution >= 4 is 11.6 Å². The van der Waals surface area contributed by atoms with Gasteiger partial charge < -0.3 is 10.1 Å². The zero-order chi connectivity index (χ0) is 16.9. The van der Waals surface area contributed by atoms with Crippen molar-refractivity contribution in [2.45, 2.75) is 39.7 Å². The third kappa shape index (κ3) is 4.81. The van der Waals surface area contributed by atoms with Crippen LogP contribution >= 0.6 is 0 Å². The number of nitrogens with zero attached hydrogens (tertiary/aromatic N) is 1. The Morgan fingerprint density at radius 3 is 2.70 bits per heavy atom. The van der Waals surface area contributed by atoms with E-state index in [1.165, 1.54) is 0 Å². The van der Waals surface area contributed by atoms with E-state index in [0.29, 0.717) is 22.7 Å². The predicted octanol–water partition coefficient (Wildman–Crippen LogP) is 4.31. The number of carbonyl (C=O) groups excluding carboxylic acids is 1. The highest BCUT2D eigenvalue weighted by Gasteiger charge is 2.17. The number of carbonyl (C=O) groups is 1. The van der Waals surface area contributed by atoms with Gasteiger partial charge in [0.25, 0.3) is 0 Å². The molecule has 2 rings (SSSR count). The summed E-state index contributed by atoms with van der Waals surface area (Å²) in [6.45, 7) is 8.80. The van der Waals surface area contributed by atoms with Gasteiger partial charge in [-0.25, -0.2) is 4.98 Å². The number of pyridine rings is 1. The Bertz CT molecular complexity index is 675. The molecule has 0 saturated carbocycles. The number of nitrogens with one attached hydrogen (secondary N) is 1. The molecule has 0 spiro atoms. The van der Waals surface area contributed by atoms with Crippen LogP contribution in [0.4, 0.5) is 5.82 Å². The van der Waals surface area contributed by atoms with E-state index in [-0.39, 0.29) is 11.4 Å². The maximum atomic E-state index is 12.8. The zero-order valence-corrected chi connectivity index (χ0v) is 14.2. The van der Waals surface area contributed by atoms with Gasteiger partial charge in [-0.05, 0) is 51.5 Å². The van der Waals surface area contributed by atoms with Crippen molar-refractivity contribution in [1.29, 1.82) is 0 Å². The van der Waals surface area contributed by atoms with Crippen molar-refractivity contribution in [3.63, 3.8) is 0 Å². The monoisotopic (exact) mass is 312 g/mol. The quantitative estimate of drug-likeness (QED) is 0.807. The molecule has 4 heteroatoms. The van der Waals surface area contributed by atoms with Gasteiger partial charge in [-0.3, -0.25) is 4.79 Å². The Morgan fingerprint density at radius 2 is 2.00 bits per heavy atom. The molecule has 0 aliphatic carbocycles. The van der Waals surface area contributed by atoms with E-state index in [4.69, 9.17) is 4.74 Å². The van der Waals surface area contributed by atoms with E-state index >= 15 is 0 Å². The van der Waals surface area contributed by atoms with Gasteiger partial charge in [-0.15, -0.1) is 0 Å². The third-order valence-corrected chi connectivity index (χ3v) is 3.12. The summed E-state index contributed by atoms with van der Waals surface area (Å²) in [5.74, 6) is 1.26. The summed E-state index contributed by atoms with van der Waals surface area (Å²) in [6, 6.07) is 10.9. The standard InChI is InChI=1S/C19H24N2O2/c1-5-11-20-18-16(10-7-12-21-18)17(22)14-8-6-9-15(13-14)23-19(2,3)4/h6-10,12-13H,5,11H2,1-4H3,(H,20,21). The largest absolute Gasteiger partial charge is 0.488 e. The number of benzene rings is 1. The molecule has 0 fully saturated rings. The second-order valence-corrected chi connectivity index (χ2v) is 6.40. The Labute approximate surface area is 137 Å². The lowest BCUT2D eigenvalue weighted by Crippen LogP contribution is -2.23. The number of anilines is 1. The van der Waals surface area contributed by atoms with E-state index in [1.807, 2.05) is 32.9 Å². The van der Waals surface area contributed by atoms with Crippen LogP contribution in [0.2, 0.25) is 0 Å². The molecular weight excluding hydrogens is 288 g/mol. The highest BCUT2D eigenvalue weighted by Crippen LogP contribution is 2.23. The van der Waals surface area contributed by atoms with Gasteiger partial charge >= 0.3 is 0 Å². The number of aromatic nitrogens is 1. The summed E-state index contributed by atoms with van der Waals surface area (Å²) < 4.78 is 5.84. The molecule has 0 saturated heterocycles. The maximum absolute atomic E-state index is 12.8. The summed E-state index contributed by atoms with van der Waals surface area (Å²) in [4.78, 5) is 17.1. The number of ether oxygens (including phenoxy) is 1. The third-order valence-electron chi connectivity index (χ3n) is 3.12. The maximum Gasteiger partial charge on any atom is 0.196 e. The van der Waals surface area contributed by atoms with Crippen LogP contribution in [0.3, 0.4) is 0 Å². The van der Waals surface area contributed by atoms with Crippen LogP contribution < -0.4 is 10.1 Å².